The molecule has 1 heterocycles. The minimum atomic E-state index is -0.690. The van der Waals surface area contributed by atoms with Crippen LogP contribution in [0, 0.1) is 6.92 Å². The first kappa shape index (κ1) is 12.1. The Morgan fingerprint density at radius 3 is 2.80 bits per heavy atom. The van der Waals surface area contributed by atoms with E-state index in [0.29, 0.717) is 0 Å². The first-order valence-corrected chi connectivity index (χ1v) is 5.65. The Morgan fingerprint density at radius 2 is 2.33 bits per heavy atom. The zero-order valence-corrected chi connectivity index (χ0v) is 9.97. The molecule has 0 bridgehead atoms. The number of aliphatic hydroxyl groups is 1. The summed E-state index contributed by atoms with van der Waals surface area (Å²) in [6, 6.07) is 0. The van der Waals surface area contributed by atoms with Crippen molar-refractivity contribution in [1.29, 1.82) is 0 Å². The number of aliphatic hydroxyl groups excluding tert-OH is 1. The fourth-order valence-electron chi connectivity index (χ4n) is 1.21. The number of rotatable bonds is 4. The lowest BCUT2D eigenvalue weighted by atomic mass is 10.1. The summed E-state index contributed by atoms with van der Waals surface area (Å²) in [5.41, 5.74) is 1.62. The predicted octanol–water partition coefficient (Wildman–Crippen LogP) is 2.19. The van der Waals surface area contributed by atoms with Gasteiger partial charge in [-0.05, 0) is 32.4 Å². The smallest absolute Gasteiger partial charge is 0.132 e. The Balaban J connectivity index is 2.70. The fraction of sp³-hybridized carbons (Fsp3) is 0.455. The first-order chi connectivity index (χ1) is 6.99. The van der Waals surface area contributed by atoms with E-state index in [-0.39, 0.29) is 12.2 Å². The first-order valence-electron chi connectivity index (χ1n) is 4.77. The molecule has 1 aromatic rings. The highest BCUT2D eigenvalue weighted by atomic mass is 32.1. The molecule has 0 saturated carbocycles. The third-order valence-electron chi connectivity index (χ3n) is 2.02. The summed E-state index contributed by atoms with van der Waals surface area (Å²) in [5.74, 6) is -0.00953. The van der Waals surface area contributed by atoms with E-state index in [9.17, 15) is 9.90 Å². The maximum absolute atomic E-state index is 10.8. The summed E-state index contributed by atoms with van der Waals surface area (Å²) in [4.78, 5) is 15.1. The SMILES string of the molecule is CC(=O)CC(O)/C(C)=C/c1csc(C)n1. The van der Waals surface area contributed by atoms with Gasteiger partial charge in [-0.2, -0.15) is 0 Å². The van der Waals surface area contributed by atoms with Crippen molar-refractivity contribution in [1.82, 2.24) is 4.98 Å². The summed E-state index contributed by atoms with van der Waals surface area (Å²) in [6.45, 7) is 5.22. The second-order valence-corrected chi connectivity index (χ2v) is 4.66. The monoisotopic (exact) mass is 225 g/mol. The van der Waals surface area contributed by atoms with E-state index in [1.165, 1.54) is 6.92 Å². The lowest BCUT2D eigenvalue weighted by Crippen LogP contribution is -2.12. The molecular formula is C11H15NO2S. The van der Waals surface area contributed by atoms with Crippen LogP contribution in [0.3, 0.4) is 0 Å². The van der Waals surface area contributed by atoms with E-state index >= 15 is 0 Å². The average molecular weight is 225 g/mol. The molecule has 15 heavy (non-hydrogen) atoms. The highest BCUT2D eigenvalue weighted by Gasteiger charge is 2.09. The Kier molecular flexibility index (Phi) is 4.17. The Bertz CT molecular complexity index is 382. The minimum Gasteiger partial charge on any atom is -0.388 e. The van der Waals surface area contributed by atoms with Crippen molar-refractivity contribution in [2.75, 3.05) is 0 Å². The molecule has 0 amide bonds. The maximum Gasteiger partial charge on any atom is 0.132 e. The average Bonchev–Trinajstić information content (AvgIpc) is 2.50. The molecule has 1 N–H and O–H groups in total. The maximum atomic E-state index is 10.8. The van der Waals surface area contributed by atoms with Crippen LogP contribution in [0.15, 0.2) is 11.0 Å². The third kappa shape index (κ3) is 3.93. The van der Waals surface area contributed by atoms with E-state index < -0.39 is 6.10 Å². The van der Waals surface area contributed by atoms with Gasteiger partial charge in [0.25, 0.3) is 0 Å². The van der Waals surface area contributed by atoms with Crippen molar-refractivity contribution in [3.63, 3.8) is 0 Å². The molecule has 1 atom stereocenters. The molecule has 0 saturated heterocycles. The van der Waals surface area contributed by atoms with Gasteiger partial charge in [-0.15, -0.1) is 11.3 Å². The van der Waals surface area contributed by atoms with Crippen LogP contribution >= 0.6 is 11.3 Å². The van der Waals surface area contributed by atoms with Gasteiger partial charge in [0, 0.05) is 11.8 Å². The second kappa shape index (κ2) is 5.19. The minimum absolute atomic E-state index is 0.00953. The number of aromatic nitrogens is 1. The molecule has 0 aliphatic heterocycles. The molecule has 4 heteroatoms. The number of thiazole rings is 1. The van der Waals surface area contributed by atoms with Gasteiger partial charge in [-0.3, -0.25) is 4.79 Å². The third-order valence-corrected chi connectivity index (χ3v) is 2.81. The number of carbonyl (C=O) groups excluding carboxylic acids is 1. The van der Waals surface area contributed by atoms with Crippen molar-refractivity contribution < 1.29 is 9.90 Å². The number of Topliss-reactive ketones (excluding diaryl/α,β-unsaturated/α-hetero) is 1. The van der Waals surface area contributed by atoms with Crippen molar-refractivity contribution in [3.8, 4) is 0 Å². The largest absolute Gasteiger partial charge is 0.388 e. The number of carbonyl (C=O) groups is 1. The van der Waals surface area contributed by atoms with Crippen LogP contribution in [-0.4, -0.2) is 22.0 Å². The van der Waals surface area contributed by atoms with Crippen LogP contribution in [-0.2, 0) is 4.79 Å². The van der Waals surface area contributed by atoms with E-state index in [4.69, 9.17) is 0 Å². The zero-order chi connectivity index (χ0) is 11.4. The van der Waals surface area contributed by atoms with Crippen LogP contribution in [0.25, 0.3) is 6.08 Å². The van der Waals surface area contributed by atoms with E-state index in [0.717, 1.165) is 16.3 Å². The molecule has 0 aromatic carbocycles. The van der Waals surface area contributed by atoms with E-state index in [1.54, 1.807) is 11.3 Å². The topological polar surface area (TPSA) is 50.2 Å². The number of hydrogen-bond acceptors (Lipinski definition) is 4. The molecule has 1 rings (SSSR count). The molecule has 82 valence electrons. The van der Waals surface area contributed by atoms with Crippen molar-refractivity contribution in [2.24, 2.45) is 0 Å². The van der Waals surface area contributed by atoms with Crippen molar-refractivity contribution in [3.05, 3.63) is 21.7 Å². The van der Waals surface area contributed by atoms with Gasteiger partial charge < -0.3 is 5.11 Å². The standard InChI is InChI=1S/C11H15NO2S/c1-7(11(14)5-8(2)13)4-10-6-15-9(3)12-10/h4,6,11,14H,5H2,1-3H3/b7-4+. The van der Waals surface area contributed by atoms with E-state index in [1.807, 2.05) is 25.3 Å². The molecule has 0 spiro atoms. The Morgan fingerprint density at radius 1 is 1.67 bits per heavy atom. The van der Waals surface area contributed by atoms with Gasteiger partial charge in [0.15, 0.2) is 0 Å². The summed E-state index contributed by atoms with van der Waals surface area (Å²) < 4.78 is 0. The van der Waals surface area contributed by atoms with Crippen LogP contribution in [0.4, 0.5) is 0 Å². The predicted molar refractivity (Wildman–Crippen MR) is 61.8 cm³/mol. The molecule has 0 fully saturated rings. The lowest BCUT2D eigenvalue weighted by Gasteiger charge is -2.08. The van der Waals surface area contributed by atoms with Gasteiger partial charge in [-0.1, -0.05) is 0 Å². The quantitative estimate of drug-likeness (QED) is 0.854. The summed E-state index contributed by atoms with van der Waals surface area (Å²) in [5, 5.41) is 12.6. The number of ketones is 1. The van der Waals surface area contributed by atoms with Gasteiger partial charge in [0.1, 0.15) is 5.78 Å². The normalized spacial score (nSPS) is 14.0. The molecular weight excluding hydrogens is 210 g/mol. The number of aryl methyl sites for hydroxylation is 1. The fourth-order valence-corrected chi connectivity index (χ4v) is 1.78. The molecule has 0 aliphatic rings. The Hall–Kier alpha value is -1.00. The zero-order valence-electron chi connectivity index (χ0n) is 9.15. The molecule has 0 radical (unpaired) electrons. The number of hydrogen-bond donors (Lipinski definition) is 1. The van der Waals surface area contributed by atoms with Crippen LogP contribution in [0.5, 0.6) is 0 Å². The summed E-state index contributed by atoms with van der Waals surface area (Å²) in [6.07, 6.45) is 1.30. The van der Waals surface area contributed by atoms with Crippen LogP contribution < -0.4 is 0 Å². The van der Waals surface area contributed by atoms with Crippen LogP contribution in [0.2, 0.25) is 0 Å². The van der Waals surface area contributed by atoms with Crippen molar-refractivity contribution >= 4 is 23.2 Å². The number of nitrogens with zero attached hydrogens (tertiary/aromatic N) is 1. The lowest BCUT2D eigenvalue weighted by molar-refractivity contribution is -0.118. The highest BCUT2D eigenvalue weighted by Crippen LogP contribution is 2.14. The van der Waals surface area contributed by atoms with Gasteiger partial charge in [0.2, 0.25) is 0 Å². The highest BCUT2D eigenvalue weighted by molar-refractivity contribution is 7.09. The van der Waals surface area contributed by atoms with Gasteiger partial charge >= 0.3 is 0 Å². The van der Waals surface area contributed by atoms with Gasteiger partial charge in [-0.25, -0.2) is 4.98 Å². The summed E-state index contributed by atoms with van der Waals surface area (Å²) >= 11 is 1.57. The molecule has 1 aromatic heterocycles. The Labute approximate surface area is 93.5 Å². The van der Waals surface area contributed by atoms with Crippen LogP contribution in [0.1, 0.15) is 31.0 Å². The van der Waals surface area contributed by atoms with E-state index in [2.05, 4.69) is 4.98 Å². The molecule has 0 aliphatic carbocycles. The van der Waals surface area contributed by atoms with Gasteiger partial charge in [0.05, 0.1) is 16.8 Å². The summed E-state index contributed by atoms with van der Waals surface area (Å²) in [7, 11) is 0. The van der Waals surface area contributed by atoms with Crippen molar-refractivity contribution in [2.45, 2.75) is 33.3 Å². The molecule has 1 unspecified atom stereocenters. The molecule has 3 nitrogen and oxygen atoms in total. The second-order valence-electron chi connectivity index (χ2n) is 3.60.